The van der Waals surface area contributed by atoms with Crippen LogP contribution in [0.2, 0.25) is 0 Å². The summed E-state index contributed by atoms with van der Waals surface area (Å²) in [4.78, 5) is 31.0. The van der Waals surface area contributed by atoms with Gasteiger partial charge in [-0.1, -0.05) is 20.3 Å². The Morgan fingerprint density at radius 2 is 1.76 bits per heavy atom. The Bertz CT molecular complexity index is 441. The molecule has 2 amide bonds. The van der Waals surface area contributed by atoms with Crippen LogP contribution in [-0.2, 0) is 9.59 Å². The van der Waals surface area contributed by atoms with Gasteiger partial charge in [-0.3, -0.25) is 14.5 Å². The normalized spacial score (nSPS) is 24.4. The second kappa shape index (κ2) is 10.3. The summed E-state index contributed by atoms with van der Waals surface area (Å²) in [6.45, 7) is 10.5. The van der Waals surface area contributed by atoms with Crippen molar-refractivity contribution in [3.8, 4) is 0 Å². The van der Waals surface area contributed by atoms with Crippen molar-refractivity contribution in [2.45, 2.75) is 58.5 Å². The Balaban J connectivity index is 0.00000312. The maximum absolute atomic E-state index is 12.5. The van der Waals surface area contributed by atoms with Crippen LogP contribution in [0.1, 0.15) is 46.5 Å². The monoisotopic (exact) mass is 374 g/mol. The van der Waals surface area contributed by atoms with E-state index in [4.69, 9.17) is 5.73 Å². The molecule has 0 bridgehead atoms. The third kappa shape index (κ3) is 5.83. The van der Waals surface area contributed by atoms with Gasteiger partial charge in [0.15, 0.2) is 0 Å². The standard InChI is InChI=1S/C18H34N4O2.ClH/c1-4-14(2)17(19)18(24)21-11-9-20(10-12-21)13-16(23)22-8-6-5-7-15(22)3;/h14-15,17H,4-13,19H2,1-3H3;1H. The number of hydrogen-bond donors (Lipinski definition) is 1. The van der Waals surface area contributed by atoms with Gasteiger partial charge in [0, 0.05) is 38.8 Å². The lowest BCUT2D eigenvalue weighted by Gasteiger charge is -2.38. The molecule has 2 N–H and O–H groups in total. The SMILES string of the molecule is CCC(C)C(N)C(=O)N1CCN(CC(=O)N2CCCCC2C)CC1.Cl. The molecule has 2 saturated heterocycles. The van der Waals surface area contributed by atoms with E-state index in [0.29, 0.717) is 25.7 Å². The lowest BCUT2D eigenvalue weighted by atomic mass is 9.98. The Labute approximate surface area is 158 Å². The maximum atomic E-state index is 12.5. The highest BCUT2D eigenvalue weighted by molar-refractivity contribution is 5.85. The minimum Gasteiger partial charge on any atom is -0.339 e. The number of likely N-dealkylation sites (tertiary alicyclic amines) is 1. The predicted octanol–water partition coefficient (Wildman–Crippen LogP) is 1.33. The highest BCUT2D eigenvalue weighted by Gasteiger charge is 2.30. The lowest BCUT2D eigenvalue weighted by Crippen LogP contribution is -2.56. The largest absolute Gasteiger partial charge is 0.339 e. The molecule has 3 unspecified atom stereocenters. The molecule has 0 aromatic rings. The lowest BCUT2D eigenvalue weighted by molar-refractivity contribution is -0.138. The molecule has 0 aliphatic carbocycles. The average molecular weight is 375 g/mol. The molecule has 7 heteroatoms. The van der Waals surface area contributed by atoms with Crippen LogP contribution < -0.4 is 5.73 Å². The summed E-state index contributed by atoms with van der Waals surface area (Å²) < 4.78 is 0. The molecule has 0 aromatic carbocycles. The Morgan fingerprint density at radius 3 is 2.32 bits per heavy atom. The van der Waals surface area contributed by atoms with Gasteiger partial charge in [-0.15, -0.1) is 12.4 Å². The first kappa shape index (κ1) is 22.2. The van der Waals surface area contributed by atoms with Crippen molar-refractivity contribution < 1.29 is 9.59 Å². The van der Waals surface area contributed by atoms with E-state index in [1.54, 1.807) is 0 Å². The fourth-order valence-corrected chi connectivity index (χ4v) is 3.59. The molecule has 3 atom stereocenters. The molecule has 146 valence electrons. The van der Waals surface area contributed by atoms with Crippen LogP contribution in [0.5, 0.6) is 0 Å². The second-order valence-corrected chi connectivity index (χ2v) is 7.44. The van der Waals surface area contributed by atoms with Gasteiger partial charge in [0.05, 0.1) is 12.6 Å². The number of halogens is 1. The van der Waals surface area contributed by atoms with Crippen molar-refractivity contribution in [2.24, 2.45) is 11.7 Å². The number of nitrogens with two attached hydrogens (primary N) is 1. The van der Waals surface area contributed by atoms with Crippen LogP contribution in [0.4, 0.5) is 0 Å². The number of piperazine rings is 1. The van der Waals surface area contributed by atoms with Gasteiger partial charge in [-0.25, -0.2) is 0 Å². The maximum Gasteiger partial charge on any atom is 0.239 e. The first-order chi connectivity index (χ1) is 11.4. The summed E-state index contributed by atoms with van der Waals surface area (Å²) in [6, 6.07) is -0.0416. The molecule has 2 rings (SSSR count). The molecule has 0 saturated carbocycles. The van der Waals surface area contributed by atoms with Crippen molar-refractivity contribution in [1.82, 2.24) is 14.7 Å². The van der Waals surface area contributed by atoms with Crippen LogP contribution in [0.3, 0.4) is 0 Å². The smallest absolute Gasteiger partial charge is 0.239 e. The van der Waals surface area contributed by atoms with E-state index in [2.05, 4.69) is 18.7 Å². The number of hydrogen-bond acceptors (Lipinski definition) is 4. The van der Waals surface area contributed by atoms with E-state index in [1.165, 1.54) is 6.42 Å². The van der Waals surface area contributed by atoms with Crippen LogP contribution in [-0.4, -0.2) is 77.9 Å². The third-order valence-corrected chi connectivity index (χ3v) is 5.71. The van der Waals surface area contributed by atoms with Gasteiger partial charge in [-0.2, -0.15) is 0 Å². The predicted molar refractivity (Wildman–Crippen MR) is 103 cm³/mol. The Hall–Kier alpha value is -0.850. The molecule has 25 heavy (non-hydrogen) atoms. The molecular weight excluding hydrogens is 340 g/mol. The van der Waals surface area contributed by atoms with Crippen LogP contribution in [0.25, 0.3) is 0 Å². The number of piperidine rings is 1. The summed E-state index contributed by atoms with van der Waals surface area (Å²) in [5, 5.41) is 0. The van der Waals surface area contributed by atoms with Crippen molar-refractivity contribution >= 4 is 24.2 Å². The number of nitrogens with zero attached hydrogens (tertiary/aromatic N) is 3. The molecular formula is C18H35ClN4O2. The van der Waals surface area contributed by atoms with Gasteiger partial charge in [0.1, 0.15) is 0 Å². The van der Waals surface area contributed by atoms with E-state index in [0.717, 1.165) is 38.9 Å². The summed E-state index contributed by atoms with van der Waals surface area (Å²) in [5.41, 5.74) is 6.06. The Morgan fingerprint density at radius 1 is 1.12 bits per heavy atom. The molecule has 6 nitrogen and oxygen atoms in total. The number of amides is 2. The van der Waals surface area contributed by atoms with E-state index < -0.39 is 6.04 Å². The zero-order valence-corrected chi connectivity index (χ0v) is 16.8. The molecule has 0 aromatic heterocycles. The average Bonchev–Trinajstić information content (AvgIpc) is 2.60. The van der Waals surface area contributed by atoms with E-state index in [-0.39, 0.29) is 30.1 Å². The van der Waals surface area contributed by atoms with Gasteiger partial charge in [0.25, 0.3) is 0 Å². The second-order valence-electron chi connectivity index (χ2n) is 7.44. The van der Waals surface area contributed by atoms with Crippen molar-refractivity contribution in [3.63, 3.8) is 0 Å². The fraction of sp³-hybridized carbons (Fsp3) is 0.889. The van der Waals surface area contributed by atoms with Gasteiger partial charge >= 0.3 is 0 Å². The first-order valence-electron chi connectivity index (χ1n) is 9.50. The Kier molecular flexibility index (Phi) is 9.17. The van der Waals surface area contributed by atoms with Crippen molar-refractivity contribution in [2.75, 3.05) is 39.3 Å². The van der Waals surface area contributed by atoms with Crippen LogP contribution in [0.15, 0.2) is 0 Å². The fourth-order valence-electron chi connectivity index (χ4n) is 3.59. The van der Waals surface area contributed by atoms with Crippen LogP contribution >= 0.6 is 12.4 Å². The highest BCUT2D eigenvalue weighted by atomic mass is 35.5. The van der Waals surface area contributed by atoms with Crippen molar-refractivity contribution in [1.29, 1.82) is 0 Å². The molecule has 2 aliphatic rings. The van der Waals surface area contributed by atoms with Gasteiger partial charge < -0.3 is 15.5 Å². The minimum absolute atomic E-state index is 0. The van der Waals surface area contributed by atoms with Gasteiger partial charge in [-0.05, 0) is 32.1 Å². The van der Waals surface area contributed by atoms with E-state index >= 15 is 0 Å². The summed E-state index contributed by atoms with van der Waals surface area (Å²) >= 11 is 0. The summed E-state index contributed by atoms with van der Waals surface area (Å²) in [5.74, 6) is 0.496. The first-order valence-corrected chi connectivity index (χ1v) is 9.50. The zero-order valence-electron chi connectivity index (χ0n) is 15.9. The molecule has 0 spiro atoms. The molecule has 2 heterocycles. The summed E-state index contributed by atoms with van der Waals surface area (Å²) in [7, 11) is 0. The number of rotatable bonds is 5. The molecule has 0 radical (unpaired) electrons. The quantitative estimate of drug-likeness (QED) is 0.788. The molecule has 2 aliphatic heterocycles. The molecule has 2 fully saturated rings. The highest BCUT2D eigenvalue weighted by Crippen LogP contribution is 2.17. The topological polar surface area (TPSA) is 69.9 Å². The zero-order chi connectivity index (χ0) is 17.7. The van der Waals surface area contributed by atoms with E-state index in [9.17, 15) is 9.59 Å². The van der Waals surface area contributed by atoms with Crippen LogP contribution in [0, 0.1) is 5.92 Å². The van der Waals surface area contributed by atoms with E-state index in [1.807, 2.05) is 16.7 Å². The van der Waals surface area contributed by atoms with Crippen molar-refractivity contribution in [3.05, 3.63) is 0 Å². The number of carbonyl (C=O) groups excluding carboxylic acids is 2. The summed E-state index contributed by atoms with van der Waals surface area (Å²) in [6.07, 6.45) is 4.37. The minimum atomic E-state index is -0.405. The van der Waals surface area contributed by atoms with Gasteiger partial charge in [0.2, 0.25) is 11.8 Å². The third-order valence-electron chi connectivity index (χ3n) is 5.71. The number of carbonyl (C=O) groups is 2.